The molecule has 0 fully saturated rings. The Morgan fingerprint density at radius 2 is 1.08 bits per heavy atom. The lowest BCUT2D eigenvalue weighted by Crippen LogP contribution is -2.05. The molecule has 3 aromatic carbocycles. The van der Waals surface area contributed by atoms with E-state index >= 15 is 0 Å². The van der Waals surface area contributed by atoms with Crippen molar-refractivity contribution in [2.45, 2.75) is 20.0 Å². The highest BCUT2D eigenvalue weighted by atomic mass is 19.4. The number of hydrogen-bond acceptors (Lipinski definition) is 2. The Hall–Kier alpha value is -2.95. The smallest absolute Gasteiger partial charge is 0.416 e. The molecule has 134 valence electrons. The number of hydrogen-bond donors (Lipinski definition) is 0. The number of ether oxygens (including phenoxy) is 2. The fourth-order valence-electron chi connectivity index (χ4n) is 2.48. The third kappa shape index (κ3) is 4.57. The summed E-state index contributed by atoms with van der Waals surface area (Å²) >= 11 is 0. The molecule has 0 amide bonds. The van der Waals surface area contributed by atoms with Crippen LogP contribution < -0.4 is 9.47 Å². The molecule has 0 aliphatic rings. The lowest BCUT2D eigenvalue weighted by atomic mass is 10.2. The summed E-state index contributed by atoms with van der Waals surface area (Å²) in [7, 11) is 0. The number of halogens is 3. The number of benzene rings is 3. The summed E-state index contributed by atoms with van der Waals surface area (Å²) in [6, 6.07) is 17.6. The van der Waals surface area contributed by atoms with Gasteiger partial charge in [0.2, 0.25) is 0 Å². The topological polar surface area (TPSA) is 18.5 Å². The van der Waals surface area contributed by atoms with Gasteiger partial charge in [-0.25, -0.2) is 0 Å². The van der Waals surface area contributed by atoms with Gasteiger partial charge in [0.05, 0.1) is 5.56 Å². The maximum Gasteiger partial charge on any atom is 0.416 e. The molecule has 26 heavy (non-hydrogen) atoms. The van der Waals surface area contributed by atoms with Gasteiger partial charge in [0.1, 0.15) is 23.0 Å². The van der Waals surface area contributed by atoms with Gasteiger partial charge in [-0.15, -0.1) is 0 Å². The van der Waals surface area contributed by atoms with Crippen molar-refractivity contribution < 1.29 is 22.6 Å². The average Bonchev–Trinajstić information content (AvgIpc) is 2.54. The van der Waals surface area contributed by atoms with Crippen LogP contribution in [0.3, 0.4) is 0 Å². The minimum absolute atomic E-state index is 0.0630. The van der Waals surface area contributed by atoms with Gasteiger partial charge in [0.15, 0.2) is 0 Å². The SMILES string of the molecule is Cc1cccc(Oc2cc(Oc3cccc(C)c3)cc(C(F)(F)F)c2)c1. The van der Waals surface area contributed by atoms with Crippen molar-refractivity contribution in [1.82, 2.24) is 0 Å². The van der Waals surface area contributed by atoms with E-state index in [2.05, 4.69) is 0 Å². The van der Waals surface area contributed by atoms with Crippen LogP contribution in [0, 0.1) is 13.8 Å². The molecule has 5 heteroatoms. The second-order valence-electron chi connectivity index (χ2n) is 6.03. The Morgan fingerprint density at radius 3 is 1.46 bits per heavy atom. The largest absolute Gasteiger partial charge is 0.457 e. The van der Waals surface area contributed by atoms with Crippen LogP contribution in [0.15, 0.2) is 66.7 Å². The molecule has 0 heterocycles. The van der Waals surface area contributed by atoms with Crippen LogP contribution in [0.25, 0.3) is 0 Å². The first-order valence-electron chi connectivity index (χ1n) is 8.01. The van der Waals surface area contributed by atoms with Crippen molar-refractivity contribution in [3.8, 4) is 23.0 Å². The number of aryl methyl sites for hydroxylation is 2. The maximum absolute atomic E-state index is 13.2. The standard InChI is InChI=1S/C21H17F3O2/c1-14-5-3-7-17(9-14)25-19-11-16(21(22,23)24)12-20(13-19)26-18-8-4-6-15(2)10-18/h3-13H,1-2H3. The van der Waals surface area contributed by atoms with Crippen LogP contribution in [-0.2, 0) is 6.18 Å². The lowest BCUT2D eigenvalue weighted by Gasteiger charge is -2.14. The second kappa shape index (κ2) is 7.12. The van der Waals surface area contributed by atoms with Crippen molar-refractivity contribution in [2.24, 2.45) is 0 Å². The van der Waals surface area contributed by atoms with Gasteiger partial charge in [0.25, 0.3) is 0 Å². The Bertz CT molecular complexity index is 851. The molecule has 2 nitrogen and oxygen atoms in total. The van der Waals surface area contributed by atoms with E-state index in [1.165, 1.54) is 6.07 Å². The highest BCUT2D eigenvalue weighted by molar-refractivity contribution is 5.44. The molecule has 0 bridgehead atoms. The maximum atomic E-state index is 13.2. The zero-order chi connectivity index (χ0) is 18.7. The molecule has 0 aliphatic heterocycles. The van der Waals surface area contributed by atoms with Crippen molar-refractivity contribution in [3.63, 3.8) is 0 Å². The van der Waals surface area contributed by atoms with Crippen LogP contribution in [-0.4, -0.2) is 0 Å². The summed E-state index contributed by atoms with van der Waals surface area (Å²) in [5, 5.41) is 0. The summed E-state index contributed by atoms with van der Waals surface area (Å²) < 4.78 is 51.0. The molecular weight excluding hydrogens is 341 g/mol. The van der Waals surface area contributed by atoms with E-state index in [4.69, 9.17) is 9.47 Å². The van der Waals surface area contributed by atoms with Crippen molar-refractivity contribution >= 4 is 0 Å². The molecule has 0 atom stereocenters. The van der Waals surface area contributed by atoms with Crippen molar-refractivity contribution in [3.05, 3.63) is 83.4 Å². The second-order valence-corrected chi connectivity index (χ2v) is 6.03. The number of rotatable bonds is 4. The lowest BCUT2D eigenvalue weighted by molar-refractivity contribution is -0.137. The Kier molecular flexibility index (Phi) is 4.89. The van der Waals surface area contributed by atoms with Gasteiger partial charge in [-0.1, -0.05) is 24.3 Å². The van der Waals surface area contributed by atoms with E-state index in [9.17, 15) is 13.2 Å². The molecule has 0 aromatic heterocycles. The summed E-state index contributed by atoms with van der Waals surface area (Å²) in [6.07, 6.45) is -4.50. The molecule has 0 radical (unpaired) electrons. The Labute approximate surface area is 149 Å². The molecule has 0 spiro atoms. The molecule has 3 aromatic rings. The molecule has 3 rings (SSSR count). The van der Waals surface area contributed by atoms with E-state index < -0.39 is 11.7 Å². The molecule has 0 unspecified atom stereocenters. The van der Waals surface area contributed by atoms with Crippen LogP contribution in [0.5, 0.6) is 23.0 Å². The molecule has 0 saturated heterocycles. The zero-order valence-corrected chi connectivity index (χ0v) is 14.3. The van der Waals surface area contributed by atoms with Crippen molar-refractivity contribution in [2.75, 3.05) is 0 Å². The predicted molar refractivity (Wildman–Crippen MR) is 94.0 cm³/mol. The third-order valence-corrected chi connectivity index (χ3v) is 3.66. The first-order chi connectivity index (χ1) is 12.3. The zero-order valence-electron chi connectivity index (χ0n) is 14.3. The van der Waals surface area contributed by atoms with E-state index in [1.807, 2.05) is 26.0 Å². The average molecular weight is 358 g/mol. The first kappa shape index (κ1) is 17.9. The molecule has 0 saturated carbocycles. The minimum atomic E-state index is -4.50. The van der Waals surface area contributed by atoms with Gasteiger partial charge in [-0.3, -0.25) is 0 Å². The summed E-state index contributed by atoms with van der Waals surface area (Å²) in [6.45, 7) is 3.76. The first-order valence-corrected chi connectivity index (χ1v) is 8.01. The highest BCUT2D eigenvalue weighted by Crippen LogP contribution is 2.37. The third-order valence-electron chi connectivity index (χ3n) is 3.66. The Balaban J connectivity index is 1.96. The van der Waals surface area contributed by atoms with Crippen LogP contribution in [0.2, 0.25) is 0 Å². The monoisotopic (exact) mass is 358 g/mol. The molecule has 0 N–H and O–H groups in total. The van der Waals surface area contributed by atoms with Crippen LogP contribution in [0.1, 0.15) is 16.7 Å². The van der Waals surface area contributed by atoms with Gasteiger partial charge >= 0.3 is 6.18 Å². The van der Waals surface area contributed by atoms with Gasteiger partial charge < -0.3 is 9.47 Å². The highest BCUT2D eigenvalue weighted by Gasteiger charge is 2.32. The van der Waals surface area contributed by atoms with Crippen molar-refractivity contribution in [1.29, 1.82) is 0 Å². The van der Waals surface area contributed by atoms with E-state index in [0.717, 1.165) is 23.3 Å². The summed E-state index contributed by atoms with van der Waals surface area (Å²) in [5.74, 6) is 1.05. The quantitative estimate of drug-likeness (QED) is 0.505. The predicted octanol–water partition coefficient (Wildman–Crippen LogP) is 6.91. The van der Waals surface area contributed by atoms with Crippen LogP contribution >= 0.6 is 0 Å². The van der Waals surface area contributed by atoms with Crippen LogP contribution in [0.4, 0.5) is 13.2 Å². The van der Waals surface area contributed by atoms with E-state index in [-0.39, 0.29) is 11.5 Å². The van der Waals surface area contributed by atoms with Gasteiger partial charge in [-0.2, -0.15) is 13.2 Å². The fourth-order valence-corrected chi connectivity index (χ4v) is 2.48. The van der Waals surface area contributed by atoms with Gasteiger partial charge in [0, 0.05) is 6.07 Å². The fraction of sp³-hybridized carbons (Fsp3) is 0.143. The molecule has 0 aliphatic carbocycles. The normalized spacial score (nSPS) is 11.3. The minimum Gasteiger partial charge on any atom is -0.457 e. The Morgan fingerprint density at radius 1 is 0.615 bits per heavy atom. The summed E-state index contributed by atoms with van der Waals surface area (Å²) in [5.41, 5.74) is 1.07. The van der Waals surface area contributed by atoms with Gasteiger partial charge in [-0.05, 0) is 61.4 Å². The molecular formula is C21H17F3O2. The number of alkyl halides is 3. The van der Waals surface area contributed by atoms with E-state index in [1.54, 1.807) is 36.4 Å². The summed E-state index contributed by atoms with van der Waals surface area (Å²) in [4.78, 5) is 0. The van der Waals surface area contributed by atoms with E-state index in [0.29, 0.717) is 11.5 Å².